The van der Waals surface area contributed by atoms with Crippen LogP contribution in [0.5, 0.6) is 0 Å². The van der Waals surface area contributed by atoms with Gasteiger partial charge in [0.2, 0.25) is 0 Å². The highest BCUT2D eigenvalue weighted by molar-refractivity contribution is 5.94. The molecule has 0 spiro atoms. The van der Waals surface area contributed by atoms with E-state index in [1.165, 1.54) is 35.5 Å². The number of halogens is 3. The number of pyridine rings is 1. The average Bonchev–Trinajstić information content (AvgIpc) is 2.96. The first-order chi connectivity index (χ1) is 11.4. The molecule has 2 aromatic rings. The lowest BCUT2D eigenvalue weighted by molar-refractivity contribution is -0.138. The predicted octanol–water partition coefficient (Wildman–Crippen LogP) is 3.05. The molecule has 7 heteroatoms. The Morgan fingerprint density at radius 1 is 1.21 bits per heavy atom. The van der Waals surface area contributed by atoms with Crippen molar-refractivity contribution in [1.29, 1.82) is 0 Å². The van der Waals surface area contributed by atoms with E-state index in [4.69, 9.17) is 0 Å². The van der Waals surface area contributed by atoms with Crippen LogP contribution in [-0.2, 0) is 6.18 Å². The number of aliphatic hydroxyl groups excluding tert-OH is 1. The highest BCUT2D eigenvalue weighted by Crippen LogP contribution is 2.40. The summed E-state index contributed by atoms with van der Waals surface area (Å²) in [6.07, 6.45) is -2.45. The van der Waals surface area contributed by atoms with Crippen LogP contribution in [0.4, 0.5) is 13.2 Å². The second-order valence-corrected chi connectivity index (χ2v) is 5.69. The molecule has 4 nitrogen and oxygen atoms in total. The van der Waals surface area contributed by atoms with Gasteiger partial charge in [-0.1, -0.05) is 18.2 Å². The van der Waals surface area contributed by atoms with Crippen molar-refractivity contribution in [3.8, 4) is 0 Å². The first kappa shape index (κ1) is 16.4. The van der Waals surface area contributed by atoms with E-state index in [0.717, 1.165) is 6.07 Å². The number of hydrogen-bond acceptors (Lipinski definition) is 3. The molecule has 1 N–H and O–H groups in total. The average molecular weight is 336 g/mol. The summed E-state index contributed by atoms with van der Waals surface area (Å²) >= 11 is 0. The van der Waals surface area contributed by atoms with Crippen LogP contribution in [0.15, 0.2) is 48.8 Å². The van der Waals surface area contributed by atoms with Crippen molar-refractivity contribution in [2.75, 3.05) is 6.54 Å². The van der Waals surface area contributed by atoms with Gasteiger partial charge in [-0.3, -0.25) is 9.78 Å². The van der Waals surface area contributed by atoms with E-state index in [1.807, 2.05) is 0 Å². The number of β-amino-alcohol motifs (C(OH)–C–C–N with tert-alkyl or cyclic N) is 1. The molecule has 2 atom stereocenters. The Morgan fingerprint density at radius 3 is 2.62 bits per heavy atom. The van der Waals surface area contributed by atoms with E-state index in [9.17, 15) is 23.1 Å². The molecule has 1 aliphatic rings. The van der Waals surface area contributed by atoms with Crippen LogP contribution in [0.3, 0.4) is 0 Å². The lowest BCUT2D eigenvalue weighted by Gasteiger charge is -2.27. The summed E-state index contributed by atoms with van der Waals surface area (Å²) in [5, 5.41) is 9.93. The van der Waals surface area contributed by atoms with Crippen LogP contribution in [0, 0.1) is 0 Å². The maximum Gasteiger partial charge on any atom is 0.416 e. The largest absolute Gasteiger partial charge is 0.416 e. The van der Waals surface area contributed by atoms with Crippen LogP contribution in [0.2, 0.25) is 0 Å². The molecule has 1 saturated heterocycles. The van der Waals surface area contributed by atoms with Gasteiger partial charge >= 0.3 is 6.18 Å². The summed E-state index contributed by atoms with van der Waals surface area (Å²) in [5.74, 6) is -0.443. The number of aromatic nitrogens is 1. The van der Waals surface area contributed by atoms with Gasteiger partial charge in [-0.15, -0.1) is 0 Å². The molecule has 1 aromatic carbocycles. The minimum absolute atomic E-state index is 0.00112. The van der Waals surface area contributed by atoms with Crippen molar-refractivity contribution in [2.24, 2.45) is 0 Å². The van der Waals surface area contributed by atoms with Crippen LogP contribution >= 0.6 is 0 Å². The number of nitrogens with zero attached hydrogens (tertiary/aromatic N) is 2. The number of amides is 1. The van der Waals surface area contributed by atoms with Crippen LogP contribution in [0.25, 0.3) is 0 Å². The van der Waals surface area contributed by atoms with Crippen molar-refractivity contribution in [1.82, 2.24) is 9.88 Å². The second-order valence-electron chi connectivity index (χ2n) is 5.69. The molecule has 0 unspecified atom stereocenters. The van der Waals surface area contributed by atoms with Gasteiger partial charge in [0.25, 0.3) is 5.91 Å². The van der Waals surface area contributed by atoms with Gasteiger partial charge in [0.1, 0.15) is 0 Å². The van der Waals surface area contributed by atoms with Crippen molar-refractivity contribution < 1.29 is 23.1 Å². The number of benzene rings is 1. The first-order valence-corrected chi connectivity index (χ1v) is 7.43. The van der Waals surface area contributed by atoms with Gasteiger partial charge < -0.3 is 10.0 Å². The fourth-order valence-electron chi connectivity index (χ4n) is 3.03. The van der Waals surface area contributed by atoms with Gasteiger partial charge in [0, 0.05) is 18.9 Å². The maximum absolute atomic E-state index is 13.3. The quantitative estimate of drug-likeness (QED) is 0.917. The first-order valence-electron chi connectivity index (χ1n) is 7.43. The maximum atomic E-state index is 13.3. The van der Waals surface area contributed by atoms with Crippen molar-refractivity contribution in [2.45, 2.75) is 24.7 Å². The number of hydrogen-bond donors (Lipinski definition) is 1. The summed E-state index contributed by atoms with van der Waals surface area (Å²) in [5.41, 5.74) is -0.507. The highest BCUT2D eigenvalue weighted by Gasteiger charge is 2.41. The predicted molar refractivity (Wildman–Crippen MR) is 80.1 cm³/mol. The molecule has 1 aliphatic heterocycles. The summed E-state index contributed by atoms with van der Waals surface area (Å²) in [6, 6.07) is 7.46. The van der Waals surface area contributed by atoms with Gasteiger partial charge in [-0.25, -0.2) is 0 Å². The van der Waals surface area contributed by atoms with E-state index < -0.39 is 29.8 Å². The fraction of sp³-hybridized carbons (Fsp3) is 0.294. The number of carbonyl (C=O) groups is 1. The third-order valence-corrected chi connectivity index (χ3v) is 4.07. The number of alkyl halides is 3. The standard InChI is InChI=1S/C17H15F3N2O2/c18-17(19,20)14-6-2-1-5-13(14)15-8-12(23)10-22(15)16(24)11-4-3-7-21-9-11/h1-7,9,12,15,23H,8,10H2/t12-,15-/m0/s1. The molecule has 24 heavy (non-hydrogen) atoms. The van der Waals surface area contributed by atoms with Crippen LogP contribution in [0.1, 0.15) is 33.9 Å². The molecule has 2 heterocycles. The Hall–Kier alpha value is -2.41. The lowest BCUT2D eigenvalue weighted by Crippen LogP contribution is -2.32. The molecule has 0 bridgehead atoms. The van der Waals surface area contributed by atoms with Gasteiger partial charge in [0.05, 0.1) is 23.3 Å². The Morgan fingerprint density at radius 2 is 1.96 bits per heavy atom. The Bertz CT molecular complexity index is 734. The number of likely N-dealkylation sites (tertiary alicyclic amines) is 1. The van der Waals surface area contributed by atoms with E-state index in [-0.39, 0.29) is 24.1 Å². The zero-order valence-corrected chi connectivity index (χ0v) is 12.6. The van der Waals surface area contributed by atoms with Gasteiger partial charge in [0.15, 0.2) is 0 Å². The molecular formula is C17H15F3N2O2. The third kappa shape index (κ3) is 3.12. The highest BCUT2D eigenvalue weighted by atomic mass is 19.4. The zero-order chi connectivity index (χ0) is 17.3. The molecule has 1 amide bonds. The second kappa shape index (κ2) is 6.24. The SMILES string of the molecule is O=C(c1cccnc1)N1C[C@@H](O)C[C@H]1c1ccccc1C(F)(F)F. The van der Waals surface area contributed by atoms with Gasteiger partial charge in [-0.2, -0.15) is 13.2 Å². The number of aliphatic hydroxyl groups is 1. The Balaban J connectivity index is 1.99. The van der Waals surface area contributed by atoms with E-state index in [2.05, 4.69) is 4.98 Å². The summed E-state index contributed by atoms with van der Waals surface area (Å²) < 4.78 is 39.8. The molecule has 1 aromatic heterocycles. The monoisotopic (exact) mass is 336 g/mol. The lowest BCUT2D eigenvalue weighted by atomic mass is 9.97. The number of rotatable bonds is 2. The molecule has 0 saturated carbocycles. The van der Waals surface area contributed by atoms with Crippen LogP contribution < -0.4 is 0 Å². The van der Waals surface area contributed by atoms with Crippen molar-refractivity contribution >= 4 is 5.91 Å². The van der Waals surface area contributed by atoms with Crippen molar-refractivity contribution in [3.63, 3.8) is 0 Å². The third-order valence-electron chi connectivity index (χ3n) is 4.07. The Labute approximate surface area is 136 Å². The molecule has 0 radical (unpaired) electrons. The molecular weight excluding hydrogens is 321 g/mol. The fourth-order valence-corrected chi connectivity index (χ4v) is 3.03. The summed E-state index contributed by atoms with van der Waals surface area (Å²) in [6.45, 7) is -0.00934. The van der Waals surface area contributed by atoms with Crippen molar-refractivity contribution in [3.05, 3.63) is 65.5 Å². The topological polar surface area (TPSA) is 53.4 Å². The molecule has 126 valence electrons. The molecule has 1 fully saturated rings. The Kier molecular flexibility index (Phi) is 4.28. The number of carbonyl (C=O) groups excluding carboxylic acids is 1. The molecule has 0 aliphatic carbocycles. The summed E-state index contributed by atoms with van der Waals surface area (Å²) in [4.78, 5) is 17.8. The van der Waals surface area contributed by atoms with E-state index in [1.54, 1.807) is 12.1 Å². The van der Waals surface area contributed by atoms with E-state index in [0.29, 0.717) is 0 Å². The smallest absolute Gasteiger partial charge is 0.391 e. The van der Waals surface area contributed by atoms with Crippen LogP contribution in [-0.4, -0.2) is 33.5 Å². The normalized spacial score (nSPS) is 21.1. The molecule has 3 rings (SSSR count). The zero-order valence-electron chi connectivity index (χ0n) is 12.6. The van der Waals surface area contributed by atoms with Gasteiger partial charge in [-0.05, 0) is 30.2 Å². The van der Waals surface area contributed by atoms with E-state index >= 15 is 0 Å². The minimum atomic E-state index is -4.52. The summed E-state index contributed by atoms with van der Waals surface area (Å²) in [7, 11) is 0. The minimum Gasteiger partial charge on any atom is -0.391 e.